The number of rotatable bonds is 4. The van der Waals surface area contributed by atoms with E-state index in [1.807, 2.05) is 13.0 Å². The Balaban J connectivity index is 1.68. The third-order valence-electron chi connectivity index (χ3n) is 4.53. The number of carbonyl (C=O) groups excluding carboxylic acids is 1. The highest BCUT2D eigenvalue weighted by atomic mass is 35.5. The van der Waals surface area contributed by atoms with Crippen LogP contribution in [0.4, 0.5) is 0 Å². The number of nitrogens with zero attached hydrogens (tertiary/aromatic N) is 2. The molecule has 1 fully saturated rings. The van der Waals surface area contributed by atoms with Crippen molar-refractivity contribution in [2.24, 2.45) is 0 Å². The van der Waals surface area contributed by atoms with Crippen LogP contribution in [-0.2, 0) is 16.4 Å². The Morgan fingerprint density at radius 2 is 1.77 bits per heavy atom. The normalized spacial score (nSPS) is 16.0. The number of piperazine rings is 1. The number of hydrogen-bond donors (Lipinski definition) is 0. The zero-order valence-electron chi connectivity index (χ0n) is 14.7. The van der Waals surface area contributed by atoms with E-state index in [0.29, 0.717) is 31.2 Å². The molecule has 1 aliphatic rings. The number of halogens is 1. The number of sulfonamides is 1. The van der Waals surface area contributed by atoms with Gasteiger partial charge in [-0.2, -0.15) is 4.31 Å². The average molecular weight is 413 g/mol. The maximum Gasteiger partial charge on any atom is 0.264 e. The molecule has 26 heavy (non-hydrogen) atoms. The number of amides is 1. The second kappa shape index (κ2) is 7.68. The number of aryl methyl sites for hydroxylation is 2. The van der Waals surface area contributed by atoms with Crippen molar-refractivity contribution >= 4 is 38.9 Å². The molecule has 3 rings (SSSR count). The molecule has 2 aromatic rings. The van der Waals surface area contributed by atoms with Gasteiger partial charge in [-0.15, -0.1) is 11.3 Å². The van der Waals surface area contributed by atoms with E-state index >= 15 is 0 Å². The van der Waals surface area contributed by atoms with Gasteiger partial charge in [0, 0.05) is 36.1 Å². The summed E-state index contributed by atoms with van der Waals surface area (Å²) in [5, 5.41) is 0.497. The van der Waals surface area contributed by atoms with E-state index in [9.17, 15) is 13.2 Å². The zero-order valence-corrected chi connectivity index (χ0v) is 17.1. The lowest BCUT2D eigenvalue weighted by atomic mass is 10.2. The first kappa shape index (κ1) is 19.4. The van der Waals surface area contributed by atoms with Gasteiger partial charge < -0.3 is 4.90 Å². The molecular weight excluding hydrogens is 392 g/mol. The summed E-state index contributed by atoms with van der Waals surface area (Å²) in [6.07, 6.45) is 0.914. The SMILES string of the molecule is CCc1sc(C(=O)N2CCN(S(=O)(=O)c3ccc(Cl)cc3)CC2)cc1C. The average Bonchev–Trinajstić information content (AvgIpc) is 3.02. The molecule has 8 heteroatoms. The summed E-state index contributed by atoms with van der Waals surface area (Å²) in [5.74, 6) is -0.0126. The highest BCUT2D eigenvalue weighted by molar-refractivity contribution is 7.89. The largest absolute Gasteiger partial charge is 0.335 e. The van der Waals surface area contributed by atoms with E-state index in [0.717, 1.165) is 16.9 Å². The number of benzene rings is 1. The van der Waals surface area contributed by atoms with Crippen LogP contribution in [0.1, 0.15) is 27.0 Å². The molecule has 0 spiro atoms. The van der Waals surface area contributed by atoms with E-state index in [1.54, 1.807) is 17.0 Å². The summed E-state index contributed by atoms with van der Waals surface area (Å²) in [4.78, 5) is 16.6. The molecule has 1 aliphatic heterocycles. The lowest BCUT2D eigenvalue weighted by Gasteiger charge is -2.33. The first-order valence-electron chi connectivity index (χ1n) is 8.47. The van der Waals surface area contributed by atoms with Crippen molar-refractivity contribution in [2.45, 2.75) is 25.2 Å². The van der Waals surface area contributed by atoms with Crippen LogP contribution < -0.4 is 0 Å². The first-order chi connectivity index (χ1) is 12.3. The lowest BCUT2D eigenvalue weighted by Crippen LogP contribution is -2.50. The van der Waals surface area contributed by atoms with E-state index in [2.05, 4.69) is 6.92 Å². The van der Waals surface area contributed by atoms with Crippen molar-refractivity contribution < 1.29 is 13.2 Å². The number of hydrogen-bond acceptors (Lipinski definition) is 4. The number of carbonyl (C=O) groups is 1. The summed E-state index contributed by atoms with van der Waals surface area (Å²) in [7, 11) is -3.56. The minimum absolute atomic E-state index is 0.0126. The summed E-state index contributed by atoms with van der Waals surface area (Å²) < 4.78 is 26.9. The molecule has 0 saturated carbocycles. The maximum atomic E-state index is 12.7. The van der Waals surface area contributed by atoms with E-state index in [4.69, 9.17) is 11.6 Å². The van der Waals surface area contributed by atoms with Gasteiger partial charge in [0.25, 0.3) is 5.91 Å². The molecule has 0 aliphatic carbocycles. The smallest absolute Gasteiger partial charge is 0.264 e. The lowest BCUT2D eigenvalue weighted by molar-refractivity contribution is 0.0702. The van der Waals surface area contributed by atoms with Crippen LogP contribution in [-0.4, -0.2) is 49.7 Å². The molecule has 5 nitrogen and oxygen atoms in total. The van der Waals surface area contributed by atoms with Crippen molar-refractivity contribution in [3.05, 3.63) is 50.7 Å². The van der Waals surface area contributed by atoms with Crippen molar-refractivity contribution in [3.63, 3.8) is 0 Å². The van der Waals surface area contributed by atoms with Gasteiger partial charge in [0.15, 0.2) is 0 Å². The monoisotopic (exact) mass is 412 g/mol. The molecule has 1 amide bonds. The Morgan fingerprint density at radius 3 is 2.31 bits per heavy atom. The predicted molar refractivity (Wildman–Crippen MR) is 105 cm³/mol. The standard InChI is InChI=1S/C18H21ClN2O3S2/c1-3-16-13(2)12-17(25-16)18(22)20-8-10-21(11-9-20)26(23,24)15-6-4-14(19)5-7-15/h4-7,12H,3,8-11H2,1-2H3. The highest BCUT2D eigenvalue weighted by Gasteiger charge is 2.30. The molecule has 1 aromatic carbocycles. The van der Waals surface area contributed by atoms with E-state index in [-0.39, 0.29) is 10.8 Å². The Kier molecular flexibility index (Phi) is 5.72. The van der Waals surface area contributed by atoms with Crippen molar-refractivity contribution in [3.8, 4) is 0 Å². The van der Waals surface area contributed by atoms with Crippen LogP contribution in [0.15, 0.2) is 35.2 Å². The number of thiophene rings is 1. The van der Waals surface area contributed by atoms with Gasteiger partial charge in [-0.25, -0.2) is 8.42 Å². The molecular formula is C18H21ClN2O3S2. The molecule has 0 atom stereocenters. The van der Waals surface area contributed by atoms with Gasteiger partial charge in [-0.3, -0.25) is 4.79 Å². The fourth-order valence-electron chi connectivity index (χ4n) is 3.02. The third-order valence-corrected chi connectivity index (χ3v) is 8.06. The minimum Gasteiger partial charge on any atom is -0.335 e. The Bertz CT molecular complexity index is 899. The quantitative estimate of drug-likeness (QED) is 0.773. The van der Waals surface area contributed by atoms with E-state index < -0.39 is 10.0 Å². The molecule has 0 unspecified atom stereocenters. The van der Waals surface area contributed by atoms with Gasteiger partial charge in [-0.1, -0.05) is 18.5 Å². The minimum atomic E-state index is -3.56. The fraction of sp³-hybridized carbons (Fsp3) is 0.389. The van der Waals surface area contributed by atoms with Crippen LogP contribution in [0.3, 0.4) is 0 Å². The molecule has 1 saturated heterocycles. The van der Waals surface area contributed by atoms with Crippen LogP contribution in [0.5, 0.6) is 0 Å². The second-order valence-corrected chi connectivity index (χ2v) is 9.73. The van der Waals surface area contributed by atoms with Gasteiger partial charge in [-0.05, 0) is 49.2 Å². The molecule has 0 N–H and O–H groups in total. The summed E-state index contributed by atoms with van der Waals surface area (Å²) in [6.45, 7) is 5.47. The maximum absolute atomic E-state index is 12.7. The summed E-state index contributed by atoms with van der Waals surface area (Å²) in [6, 6.07) is 8.09. The zero-order chi connectivity index (χ0) is 18.9. The molecule has 140 valence electrons. The molecule has 0 radical (unpaired) electrons. The topological polar surface area (TPSA) is 57.7 Å². The predicted octanol–water partition coefficient (Wildman–Crippen LogP) is 3.42. The summed E-state index contributed by atoms with van der Waals surface area (Å²) in [5.41, 5.74) is 1.14. The van der Waals surface area contributed by atoms with Gasteiger partial charge in [0.1, 0.15) is 0 Å². The first-order valence-corrected chi connectivity index (χ1v) is 11.1. The Hall–Kier alpha value is -1.41. The van der Waals surface area contributed by atoms with Gasteiger partial charge in [0.05, 0.1) is 9.77 Å². The summed E-state index contributed by atoms with van der Waals surface area (Å²) >= 11 is 7.36. The van der Waals surface area contributed by atoms with Gasteiger partial charge >= 0.3 is 0 Å². The van der Waals surface area contributed by atoms with Crippen molar-refractivity contribution in [1.82, 2.24) is 9.21 Å². The van der Waals surface area contributed by atoms with Crippen LogP contribution in [0.2, 0.25) is 5.02 Å². The third kappa shape index (κ3) is 3.81. The second-order valence-electron chi connectivity index (χ2n) is 6.22. The van der Waals surface area contributed by atoms with Crippen LogP contribution >= 0.6 is 22.9 Å². The highest BCUT2D eigenvalue weighted by Crippen LogP contribution is 2.25. The Labute approximate surface area is 163 Å². The molecule has 2 heterocycles. The Morgan fingerprint density at radius 1 is 1.15 bits per heavy atom. The van der Waals surface area contributed by atoms with Crippen molar-refractivity contribution in [2.75, 3.05) is 26.2 Å². The van der Waals surface area contributed by atoms with E-state index in [1.165, 1.54) is 32.7 Å². The van der Waals surface area contributed by atoms with Crippen LogP contribution in [0, 0.1) is 6.92 Å². The molecule has 0 bridgehead atoms. The fourth-order valence-corrected chi connectivity index (χ4v) is 5.65. The molecule has 1 aromatic heterocycles. The van der Waals surface area contributed by atoms with Crippen molar-refractivity contribution in [1.29, 1.82) is 0 Å². The van der Waals surface area contributed by atoms with Gasteiger partial charge in [0.2, 0.25) is 10.0 Å². The van der Waals surface area contributed by atoms with Crippen LogP contribution in [0.25, 0.3) is 0 Å².